The van der Waals surface area contributed by atoms with Gasteiger partial charge < -0.3 is 10.7 Å². The van der Waals surface area contributed by atoms with E-state index in [2.05, 4.69) is 27.9 Å². The topological polar surface area (TPSA) is 67.6 Å². The van der Waals surface area contributed by atoms with Crippen LogP contribution < -0.4 is 5.73 Å². The van der Waals surface area contributed by atoms with E-state index in [1.54, 1.807) is 12.4 Å². The normalized spacial score (nSPS) is 11.6. The number of H-pyrrole nitrogens is 1. The van der Waals surface area contributed by atoms with E-state index in [4.69, 9.17) is 5.73 Å². The average Bonchev–Trinajstić information content (AvgIpc) is 2.80. The second-order valence-corrected chi connectivity index (χ2v) is 4.76. The van der Waals surface area contributed by atoms with Gasteiger partial charge in [0.15, 0.2) is 0 Å². The Balaban J connectivity index is 2.34. The SMILES string of the molecule is Cc1c2ccnc(N)c2cc2c1[nH]c1ccncc12. The number of anilines is 1. The van der Waals surface area contributed by atoms with E-state index in [1.165, 1.54) is 5.56 Å². The minimum atomic E-state index is 0.570. The molecular weight excluding hydrogens is 236 g/mol. The molecule has 4 aromatic rings. The molecular formula is C15H12N4. The molecule has 0 aliphatic heterocycles. The number of rotatable bonds is 0. The van der Waals surface area contributed by atoms with Crippen molar-refractivity contribution in [1.82, 2.24) is 15.0 Å². The summed E-state index contributed by atoms with van der Waals surface area (Å²) in [5, 5.41) is 4.40. The first-order valence-electron chi connectivity index (χ1n) is 6.15. The molecule has 0 fully saturated rings. The van der Waals surface area contributed by atoms with Crippen LogP contribution in [0.1, 0.15) is 5.56 Å². The van der Waals surface area contributed by atoms with E-state index in [1.807, 2.05) is 18.3 Å². The highest BCUT2D eigenvalue weighted by Crippen LogP contribution is 2.33. The van der Waals surface area contributed by atoms with E-state index in [9.17, 15) is 0 Å². The quantitative estimate of drug-likeness (QED) is 0.502. The van der Waals surface area contributed by atoms with Crippen LogP contribution in [0, 0.1) is 6.92 Å². The second-order valence-electron chi connectivity index (χ2n) is 4.76. The maximum atomic E-state index is 5.99. The standard InChI is InChI=1S/C15H12N4/c1-8-9-2-5-18-15(16)11(9)6-10-12-7-17-4-3-13(12)19-14(8)10/h2-7,19H,1H3,(H2,16,18). The molecule has 1 aromatic carbocycles. The number of aryl methyl sites for hydroxylation is 1. The highest BCUT2D eigenvalue weighted by atomic mass is 14.8. The summed E-state index contributed by atoms with van der Waals surface area (Å²) in [6, 6.07) is 6.09. The largest absolute Gasteiger partial charge is 0.383 e. The third-order valence-corrected chi connectivity index (χ3v) is 3.73. The summed E-state index contributed by atoms with van der Waals surface area (Å²) >= 11 is 0. The maximum Gasteiger partial charge on any atom is 0.131 e. The lowest BCUT2D eigenvalue weighted by atomic mass is 10.0. The zero-order valence-electron chi connectivity index (χ0n) is 10.4. The number of aromatic nitrogens is 3. The number of nitrogens with zero attached hydrogens (tertiary/aromatic N) is 2. The van der Waals surface area contributed by atoms with Crippen molar-refractivity contribution in [2.75, 3.05) is 5.73 Å². The van der Waals surface area contributed by atoms with Crippen LogP contribution in [0.5, 0.6) is 0 Å². The fraction of sp³-hybridized carbons (Fsp3) is 0.0667. The van der Waals surface area contributed by atoms with Crippen molar-refractivity contribution in [1.29, 1.82) is 0 Å². The Morgan fingerprint density at radius 2 is 1.95 bits per heavy atom. The summed E-state index contributed by atoms with van der Waals surface area (Å²) in [5.41, 5.74) is 9.42. The number of benzene rings is 1. The number of aromatic amines is 1. The molecule has 0 atom stereocenters. The third kappa shape index (κ3) is 1.28. The number of nitrogens with two attached hydrogens (primary N) is 1. The minimum Gasteiger partial charge on any atom is -0.383 e. The van der Waals surface area contributed by atoms with E-state index in [0.29, 0.717) is 5.82 Å². The lowest BCUT2D eigenvalue weighted by molar-refractivity contribution is 1.36. The molecule has 0 bridgehead atoms. The molecule has 0 saturated heterocycles. The van der Waals surface area contributed by atoms with Gasteiger partial charge in [-0.1, -0.05) is 0 Å². The van der Waals surface area contributed by atoms with E-state index >= 15 is 0 Å². The van der Waals surface area contributed by atoms with E-state index in [0.717, 1.165) is 32.6 Å². The van der Waals surface area contributed by atoms with Crippen molar-refractivity contribution in [2.24, 2.45) is 0 Å². The monoisotopic (exact) mass is 248 g/mol. The van der Waals surface area contributed by atoms with Gasteiger partial charge >= 0.3 is 0 Å². The molecule has 0 spiro atoms. The molecule has 4 rings (SSSR count). The Morgan fingerprint density at radius 3 is 2.84 bits per heavy atom. The summed E-state index contributed by atoms with van der Waals surface area (Å²) in [6.45, 7) is 2.10. The maximum absolute atomic E-state index is 5.99. The summed E-state index contributed by atoms with van der Waals surface area (Å²) < 4.78 is 0. The molecule has 4 heteroatoms. The van der Waals surface area contributed by atoms with E-state index in [-0.39, 0.29) is 0 Å². The van der Waals surface area contributed by atoms with Crippen molar-refractivity contribution in [2.45, 2.75) is 6.92 Å². The van der Waals surface area contributed by atoms with Crippen molar-refractivity contribution >= 4 is 38.4 Å². The molecule has 0 unspecified atom stereocenters. The Bertz CT molecular complexity index is 937. The third-order valence-electron chi connectivity index (χ3n) is 3.73. The molecule has 0 saturated carbocycles. The summed E-state index contributed by atoms with van der Waals surface area (Å²) in [5.74, 6) is 0.570. The number of nitrogen functional groups attached to an aromatic ring is 1. The van der Waals surface area contributed by atoms with Crippen molar-refractivity contribution in [3.8, 4) is 0 Å². The highest BCUT2D eigenvalue weighted by molar-refractivity contribution is 6.14. The van der Waals surface area contributed by atoms with Crippen LogP contribution in [-0.2, 0) is 0 Å². The van der Waals surface area contributed by atoms with Gasteiger partial charge in [-0.3, -0.25) is 4.98 Å². The summed E-state index contributed by atoms with van der Waals surface area (Å²) in [4.78, 5) is 11.8. The fourth-order valence-corrected chi connectivity index (χ4v) is 2.75. The Morgan fingerprint density at radius 1 is 1.05 bits per heavy atom. The lowest BCUT2D eigenvalue weighted by Gasteiger charge is -2.05. The molecule has 92 valence electrons. The smallest absolute Gasteiger partial charge is 0.131 e. The first-order chi connectivity index (χ1) is 9.25. The Labute approximate surface area is 109 Å². The van der Waals surface area contributed by atoms with Gasteiger partial charge in [0.1, 0.15) is 5.82 Å². The molecule has 3 aromatic heterocycles. The van der Waals surface area contributed by atoms with Gasteiger partial charge in [0.25, 0.3) is 0 Å². The predicted octanol–water partition coefficient (Wildman–Crippen LogP) is 3.15. The van der Waals surface area contributed by atoms with Gasteiger partial charge in [-0.2, -0.15) is 0 Å². The van der Waals surface area contributed by atoms with Gasteiger partial charge in [0.2, 0.25) is 0 Å². The zero-order chi connectivity index (χ0) is 13.0. The van der Waals surface area contributed by atoms with Crippen molar-refractivity contribution in [3.05, 3.63) is 42.4 Å². The molecule has 0 aliphatic rings. The van der Waals surface area contributed by atoms with Crippen molar-refractivity contribution < 1.29 is 0 Å². The summed E-state index contributed by atoms with van der Waals surface area (Å²) in [6.07, 6.45) is 5.43. The lowest BCUT2D eigenvalue weighted by Crippen LogP contribution is -1.92. The Hall–Kier alpha value is -2.62. The molecule has 19 heavy (non-hydrogen) atoms. The molecule has 0 radical (unpaired) electrons. The van der Waals surface area contributed by atoms with Crippen LogP contribution >= 0.6 is 0 Å². The first-order valence-corrected chi connectivity index (χ1v) is 6.15. The summed E-state index contributed by atoms with van der Waals surface area (Å²) in [7, 11) is 0. The van der Waals surface area contributed by atoms with Crippen LogP contribution in [0.15, 0.2) is 36.8 Å². The van der Waals surface area contributed by atoms with Gasteiger partial charge in [-0.15, -0.1) is 0 Å². The van der Waals surface area contributed by atoms with Gasteiger partial charge in [0, 0.05) is 40.3 Å². The Kier molecular flexibility index (Phi) is 1.87. The van der Waals surface area contributed by atoms with Gasteiger partial charge in [-0.25, -0.2) is 4.98 Å². The number of pyridine rings is 2. The molecule has 4 nitrogen and oxygen atoms in total. The average molecular weight is 248 g/mol. The van der Waals surface area contributed by atoms with Gasteiger partial charge in [0.05, 0.1) is 5.52 Å². The number of hydrogen-bond acceptors (Lipinski definition) is 3. The first kappa shape index (κ1) is 10.3. The van der Waals surface area contributed by atoms with Crippen LogP contribution in [0.2, 0.25) is 0 Å². The molecule has 0 aliphatic carbocycles. The van der Waals surface area contributed by atoms with Gasteiger partial charge in [-0.05, 0) is 36.1 Å². The molecule has 0 amide bonds. The van der Waals surface area contributed by atoms with Crippen LogP contribution in [0.3, 0.4) is 0 Å². The molecule has 3 heterocycles. The number of fused-ring (bicyclic) bond motifs is 4. The van der Waals surface area contributed by atoms with E-state index < -0.39 is 0 Å². The van der Waals surface area contributed by atoms with Crippen LogP contribution in [-0.4, -0.2) is 15.0 Å². The molecule has 3 N–H and O–H groups in total. The van der Waals surface area contributed by atoms with Crippen molar-refractivity contribution in [3.63, 3.8) is 0 Å². The number of nitrogens with one attached hydrogen (secondary N) is 1. The van der Waals surface area contributed by atoms with Crippen LogP contribution in [0.25, 0.3) is 32.6 Å². The fourth-order valence-electron chi connectivity index (χ4n) is 2.75. The highest BCUT2D eigenvalue weighted by Gasteiger charge is 2.11. The predicted molar refractivity (Wildman–Crippen MR) is 78.1 cm³/mol. The second kappa shape index (κ2) is 3.45. The number of hydrogen-bond donors (Lipinski definition) is 2. The van der Waals surface area contributed by atoms with Crippen LogP contribution in [0.4, 0.5) is 5.82 Å². The zero-order valence-corrected chi connectivity index (χ0v) is 10.4. The minimum absolute atomic E-state index is 0.570.